The van der Waals surface area contributed by atoms with Crippen molar-refractivity contribution in [3.8, 4) is 0 Å². The average Bonchev–Trinajstić information content (AvgIpc) is 2.37. The first-order chi connectivity index (χ1) is 9.36. The van der Waals surface area contributed by atoms with E-state index < -0.39 is 18.1 Å². The summed E-state index contributed by atoms with van der Waals surface area (Å²) in [4.78, 5) is 12.8. The minimum Gasteiger partial charge on any atom is -0.481 e. The van der Waals surface area contributed by atoms with E-state index in [1.807, 2.05) is 0 Å². The smallest absolute Gasteiger partial charge is 0.391 e. The van der Waals surface area contributed by atoms with Gasteiger partial charge in [0.1, 0.15) is 0 Å². The van der Waals surface area contributed by atoms with Gasteiger partial charge in [0.25, 0.3) is 0 Å². The highest BCUT2D eigenvalue weighted by atomic mass is 19.4. The first kappa shape index (κ1) is 15.6. The standard InChI is InChI=1S/C13H20F3NO3/c14-13(15,16)9-1-3-10(4-2-9)17-5-6-20-11(8-17)7-12(18)19/h9-11H,1-8H2,(H,18,19). The predicted octanol–water partition coefficient (Wildman–Crippen LogP) is 2.28. The maximum Gasteiger partial charge on any atom is 0.391 e. The second-order valence-electron chi connectivity index (χ2n) is 5.63. The van der Waals surface area contributed by atoms with Crippen LogP contribution in [0.2, 0.25) is 0 Å². The summed E-state index contributed by atoms with van der Waals surface area (Å²) >= 11 is 0. The van der Waals surface area contributed by atoms with E-state index in [-0.39, 0.29) is 31.4 Å². The molecular formula is C13H20F3NO3. The Morgan fingerprint density at radius 3 is 2.45 bits per heavy atom. The lowest BCUT2D eigenvalue weighted by Gasteiger charge is -2.41. The Hall–Kier alpha value is -0.820. The summed E-state index contributed by atoms with van der Waals surface area (Å²) in [7, 11) is 0. The maximum atomic E-state index is 12.6. The summed E-state index contributed by atoms with van der Waals surface area (Å²) in [5.41, 5.74) is 0. The van der Waals surface area contributed by atoms with Crippen molar-refractivity contribution < 1.29 is 27.8 Å². The van der Waals surface area contributed by atoms with Gasteiger partial charge in [-0.15, -0.1) is 0 Å². The number of hydrogen-bond acceptors (Lipinski definition) is 3. The van der Waals surface area contributed by atoms with Crippen molar-refractivity contribution in [1.82, 2.24) is 4.90 Å². The van der Waals surface area contributed by atoms with Crippen LogP contribution in [0.25, 0.3) is 0 Å². The first-order valence-corrected chi connectivity index (χ1v) is 7.00. The van der Waals surface area contributed by atoms with E-state index in [4.69, 9.17) is 9.84 Å². The summed E-state index contributed by atoms with van der Waals surface area (Å²) in [6.45, 7) is 1.64. The molecule has 1 unspecified atom stereocenters. The van der Waals surface area contributed by atoms with Gasteiger partial charge >= 0.3 is 12.1 Å². The third kappa shape index (κ3) is 4.09. The lowest BCUT2D eigenvalue weighted by molar-refractivity contribution is -0.185. The number of rotatable bonds is 3. The number of alkyl halides is 3. The molecule has 0 bridgehead atoms. The van der Waals surface area contributed by atoms with Crippen LogP contribution >= 0.6 is 0 Å². The third-order valence-electron chi connectivity index (χ3n) is 4.25. The van der Waals surface area contributed by atoms with Crippen LogP contribution in [0.1, 0.15) is 32.1 Å². The van der Waals surface area contributed by atoms with Crippen LogP contribution in [0, 0.1) is 5.92 Å². The molecule has 1 aliphatic carbocycles. The molecule has 1 aliphatic heterocycles. The molecule has 0 aromatic rings. The minimum atomic E-state index is -4.08. The number of aliphatic carboxylic acids is 1. The quantitative estimate of drug-likeness (QED) is 0.868. The second-order valence-corrected chi connectivity index (χ2v) is 5.63. The summed E-state index contributed by atoms with van der Waals surface area (Å²) < 4.78 is 43.2. The number of halogens is 3. The van der Waals surface area contributed by atoms with E-state index in [9.17, 15) is 18.0 Å². The fourth-order valence-electron chi connectivity index (χ4n) is 3.16. The van der Waals surface area contributed by atoms with Crippen molar-refractivity contribution in [3.63, 3.8) is 0 Å². The van der Waals surface area contributed by atoms with E-state index in [0.717, 1.165) is 0 Å². The average molecular weight is 295 g/mol. The molecule has 1 saturated carbocycles. The van der Waals surface area contributed by atoms with Gasteiger partial charge in [-0.05, 0) is 25.7 Å². The molecule has 1 N–H and O–H groups in total. The molecule has 7 heteroatoms. The molecule has 2 fully saturated rings. The molecule has 20 heavy (non-hydrogen) atoms. The van der Waals surface area contributed by atoms with Crippen molar-refractivity contribution >= 4 is 5.97 Å². The second kappa shape index (κ2) is 6.30. The molecule has 0 spiro atoms. The molecule has 1 heterocycles. The molecule has 0 aromatic heterocycles. The topological polar surface area (TPSA) is 49.8 Å². The number of carboxylic acids is 1. The zero-order valence-corrected chi connectivity index (χ0v) is 11.2. The normalized spacial score (nSPS) is 33.0. The van der Waals surface area contributed by atoms with Gasteiger partial charge in [0, 0.05) is 19.1 Å². The highest BCUT2D eigenvalue weighted by Gasteiger charge is 2.42. The van der Waals surface area contributed by atoms with Gasteiger partial charge in [-0.3, -0.25) is 9.69 Å². The SMILES string of the molecule is O=C(O)CC1CN(C2CCC(C(F)(F)F)CC2)CCO1. The minimum absolute atomic E-state index is 0.0472. The molecule has 0 radical (unpaired) electrons. The summed E-state index contributed by atoms with van der Waals surface area (Å²) in [6, 6.07) is 0.133. The predicted molar refractivity (Wildman–Crippen MR) is 65.4 cm³/mol. The van der Waals surface area contributed by atoms with Gasteiger partial charge in [-0.25, -0.2) is 0 Å². The van der Waals surface area contributed by atoms with Gasteiger partial charge in [0.2, 0.25) is 0 Å². The van der Waals surface area contributed by atoms with E-state index in [0.29, 0.717) is 32.5 Å². The first-order valence-electron chi connectivity index (χ1n) is 7.00. The molecule has 2 rings (SSSR count). The summed E-state index contributed by atoms with van der Waals surface area (Å²) in [6.07, 6.45) is -3.06. The van der Waals surface area contributed by atoms with Gasteiger partial charge in [0.05, 0.1) is 25.0 Å². The lowest BCUT2D eigenvalue weighted by Crippen LogP contribution is -2.49. The molecule has 4 nitrogen and oxygen atoms in total. The Labute approximate surface area is 115 Å². The Morgan fingerprint density at radius 1 is 1.25 bits per heavy atom. The number of ether oxygens (including phenoxy) is 1. The number of carbonyl (C=O) groups is 1. The third-order valence-corrected chi connectivity index (χ3v) is 4.25. The molecule has 0 amide bonds. The Balaban J connectivity index is 1.82. The maximum absolute atomic E-state index is 12.6. The van der Waals surface area contributed by atoms with Crippen molar-refractivity contribution in [2.24, 2.45) is 5.92 Å². The Morgan fingerprint density at radius 2 is 1.90 bits per heavy atom. The van der Waals surface area contributed by atoms with Crippen LogP contribution in [-0.4, -0.2) is 54.0 Å². The van der Waals surface area contributed by atoms with Crippen LogP contribution in [0.4, 0.5) is 13.2 Å². The van der Waals surface area contributed by atoms with Crippen molar-refractivity contribution in [1.29, 1.82) is 0 Å². The Bertz CT molecular complexity index is 340. The van der Waals surface area contributed by atoms with Gasteiger partial charge < -0.3 is 9.84 Å². The molecule has 1 saturated heterocycles. The molecule has 1 atom stereocenters. The zero-order valence-electron chi connectivity index (χ0n) is 11.2. The van der Waals surface area contributed by atoms with E-state index in [1.165, 1.54) is 0 Å². The number of morpholine rings is 1. The number of nitrogens with zero attached hydrogens (tertiary/aromatic N) is 1. The van der Waals surface area contributed by atoms with Gasteiger partial charge in [-0.1, -0.05) is 0 Å². The van der Waals surface area contributed by atoms with Crippen LogP contribution in [-0.2, 0) is 9.53 Å². The van der Waals surface area contributed by atoms with E-state index in [2.05, 4.69) is 4.90 Å². The van der Waals surface area contributed by atoms with Gasteiger partial charge in [-0.2, -0.15) is 13.2 Å². The zero-order chi connectivity index (χ0) is 14.8. The number of carboxylic acid groups (broad SMARTS) is 1. The van der Waals surface area contributed by atoms with Crippen molar-refractivity contribution in [2.45, 2.75) is 50.4 Å². The summed E-state index contributed by atoms with van der Waals surface area (Å²) in [5, 5.41) is 8.76. The van der Waals surface area contributed by atoms with Crippen molar-refractivity contribution in [3.05, 3.63) is 0 Å². The number of hydrogen-bond donors (Lipinski definition) is 1. The van der Waals surface area contributed by atoms with E-state index >= 15 is 0 Å². The highest BCUT2D eigenvalue weighted by molar-refractivity contribution is 5.67. The van der Waals surface area contributed by atoms with Crippen molar-refractivity contribution in [2.75, 3.05) is 19.7 Å². The van der Waals surface area contributed by atoms with E-state index in [1.54, 1.807) is 0 Å². The van der Waals surface area contributed by atoms with Crippen LogP contribution in [0.15, 0.2) is 0 Å². The molecular weight excluding hydrogens is 275 g/mol. The lowest BCUT2D eigenvalue weighted by atomic mass is 9.84. The Kier molecular flexibility index (Phi) is 4.90. The van der Waals surface area contributed by atoms with Crippen LogP contribution < -0.4 is 0 Å². The van der Waals surface area contributed by atoms with Crippen LogP contribution in [0.5, 0.6) is 0 Å². The fourth-order valence-corrected chi connectivity index (χ4v) is 3.16. The highest BCUT2D eigenvalue weighted by Crippen LogP contribution is 2.39. The largest absolute Gasteiger partial charge is 0.481 e. The van der Waals surface area contributed by atoms with Crippen LogP contribution in [0.3, 0.4) is 0 Å². The summed E-state index contributed by atoms with van der Waals surface area (Å²) in [5.74, 6) is -2.08. The molecule has 116 valence electrons. The molecule has 2 aliphatic rings. The molecule has 0 aromatic carbocycles. The monoisotopic (exact) mass is 295 g/mol. The van der Waals surface area contributed by atoms with Gasteiger partial charge in [0.15, 0.2) is 0 Å². The fraction of sp³-hybridized carbons (Fsp3) is 0.923.